The highest BCUT2D eigenvalue weighted by molar-refractivity contribution is 6.01. The van der Waals surface area contributed by atoms with Gasteiger partial charge in [0.1, 0.15) is 5.60 Å². The van der Waals surface area contributed by atoms with E-state index in [4.69, 9.17) is 0 Å². The zero-order valence-corrected chi connectivity index (χ0v) is 16.2. The van der Waals surface area contributed by atoms with E-state index in [0.717, 1.165) is 18.4 Å². The Balaban J connectivity index is 1.80. The quantitative estimate of drug-likeness (QED) is 0.756. The minimum absolute atomic E-state index is 0.0293. The highest BCUT2D eigenvalue weighted by Crippen LogP contribution is 2.67. The zero-order chi connectivity index (χ0) is 19.1. The van der Waals surface area contributed by atoms with Crippen LogP contribution in [-0.2, 0) is 9.59 Å². The zero-order valence-electron chi connectivity index (χ0n) is 16.2. The number of rotatable bonds is 1. The largest absolute Gasteiger partial charge is 0.393 e. The van der Waals surface area contributed by atoms with Crippen molar-refractivity contribution in [3.05, 3.63) is 23.8 Å². The lowest BCUT2D eigenvalue weighted by Crippen LogP contribution is -2.61. The summed E-state index contributed by atoms with van der Waals surface area (Å²) in [6.07, 6.45) is 7.46. The fourth-order valence-electron chi connectivity index (χ4n) is 7.33. The molecule has 0 radical (unpaired) electrons. The predicted octanol–water partition coefficient (Wildman–Crippen LogP) is 2.83. The van der Waals surface area contributed by atoms with Crippen LogP contribution in [0, 0.1) is 34.5 Å². The van der Waals surface area contributed by atoms with Crippen molar-refractivity contribution in [1.29, 1.82) is 0 Å². The maximum atomic E-state index is 12.3. The van der Waals surface area contributed by atoms with Crippen molar-refractivity contribution < 1.29 is 19.8 Å². The topological polar surface area (TPSA) is 74.6 Å². The number of aliphatic hydroxyl groups excluding tert-OH is 1. The lowest BCUT2D eigenvalue weighted by atomic mass is 9.45. The van der Waals surface area contributed by atoms with Crippen LogP contribution in [0.15, 0.2) is 23.8 Å². The number of carbonyl (C=O) groups is 2. The summed E-state index contributed by atoms with van der Waals surface area (Å²) in [7, 11) is 0. The third-order valence-electron chi connectivity index (χ3n) is 8.55. The molecule has 8 atom stereocenters. The Morgan fingerprint density at radius 3 is 2.65 bits per heavy atom. The first kappa shape index (κ1) is 18.1. The van der Waals surface area contributed by atoms with Crippen molar-refractivity contribution in [3.63, 3.8) is 0 Å². The van der Waals surface area contributed by atoms with E-state index in [0.29, 0.717) is 12.8 Å². The van der Waals surface area contributed by atoms with E-state index >= 15 is 0 Å². The van der Waals surface area contributed by atoms with E-state index in [1.807, 2.05) is 13.0 Å². The SMILES string of the molecule is CC(=O)[C@@]1(O)CC[C@H]2[C@@H]3CC(C)C4=CC(=O)C=C[C@]4(C)[C@H]3C(O)C[C@@]21C. The molecule has 26 heavy (non-hydrogen) atoms. The molecule has 0 heterocycles. The normalized spacial score (nSPS) is 52.8. The predicted molar refractivity (Wildman–Crippen MR) is 98.2 cm³/mol. The third-order valence-corrected chi connectivity index (χ3v) is 8.55. The van der Waals surface area contributed by atoms with Crippen LogP contribution >= 0.6 is 0 Å². The molecule has 0 saturated heterocycles. The van der Waals surface area contributed by atoms with Gasteiger partial charge in [-0.1, -0.05) is 32.4 Å². The van der Waals surface area contributed by atoms with Crippen molar-refractivity contribution in [3.8, 4) is 0 Å². The second-order valence-corrected chi connectivity index (χ2v) is 9.70. The second-order valence-electron chi connectivity index (χ2n) is 9.70. The number of carbonyl (C=O) groups excluding carboxylic acids is 2. The maximum absolute atomic E-state index is 12.3. The Labute approximate surface area is 155 Å². The van der Waals surface area contributed by atoms with Gasteiger partial charge in [0.2, 0.25) is 0 Å². The molecule has 4 aliphatic carbocycles. The smallest absolute Gasteiger partial charge is 0.178 e. The van der Waals surface area contributed by atoms with Gasteiger partial charge in [-0.25, -0.2) is 0 Å². The summed E-state index contributed by atoms with van der Waals surface area (Å²) >= 11 is 0. The van der Waals surface area contributed by atoms with Crippen LogP contribution in [0.3, 0.4) is 0 Å². The lowest BCUT2D eigenvalue weighted by Gasteiger charge is -2.60. The van der Waals surface area contributed by atoms with Crippen LogP contribution in [-0.4, -0.2) is 33.5 Å². The van der Waals surface area contributed by atoms with Gasteiger partial charge in [0.15, 0.2) is 11.6 Å². The van der Waals surface area contributed by atoms with Gasteiger partial charge >= 0.3 is 0 Å². The molecular formula is C22H30O4. The first-order valence-electron chi connectivity index (χ1n) is 9.91. The molecule has 2 N–H and O–H groups in total. The molecule has 142 valence electrons. The Kier molecular flexibility index (Phi) is 3.75. The summed E-state index contributed by atoms with van der Waals surface area (Å²) in [6.45, 7) is 7.79. The Bertz CT molecular complexity index is 736. The van der Waals surface area contributed by atoms with Gasteiger partial charge < -0.3 is 10.2 Å². The van der Waals surface area contributed by atoms with Gasteiger partial charge in [-0.05, 0) is 62.5 Å². The van der Waals surface area contributed by atoms with Crippen LogP contribution in [0.5, 0.6) is 0 Å². The fraction of sp³-hybridized carbons (Fsp3) is 0.727. The Hall–Kier alpha value is -1.26. The monoisotopic (exact) mass is 358 g/mol. The van der Waals surface area contributed by atoms with Crippen LogP contribution in [0.4, 0.5) is 0 Å². The standard InChI is InChI=1S/C22H30O4/c1-12-9-15-16-6-8-22(26,13(2)23)21(16,4)11-18(25)19(15)20(3)7-5-14(24)10-17(12)20/h5,7,10,12,15-16,18-19,25-26H,6,8-9,11H2,1-4H3/t12?,15-,16-,18?,19+,20-,21-,22-/m0/s1. The number of aliphatic hydroxyl groups is 2. The van der Waals surface area contributed by atoms with Gasteiger partial charge in [0, 0.05) is 16.7 Å². The van der Waals surface area contributed by atoms with Crippen LogP contribution in [0.1, 0.15) is 53.4 Å². The first-order valence-corrected chi connectivity index (χ1v) is 9.91. The molecule has 0 aliphatic heterocycles. The van der Waals surface area contributed by atoms with Crippen molar-refractivity contribution in [2.24, 2.45) is 34.5 Å². The van der Waals surface area contributed by atoms with Crippen molar-refractivity contribution in [1.82, 2.24) is 0 Å². The Morgan fingerprint density at radius 1 is 1.31 bits per heavy atom. The van der Waals surface area contributed by atoms with E-state index in [1.165, 1.54) is 6.92 Å². The number of hydrogen-bond acceptors (Lipinski definition) is 4. The third kappa shape index (κ3) is 2.03. The molecule has 0 bridgehead atoms. The molecular weight excluding hydrogens is 328 g/mol. The minimum atomic E-state index is -1.33. The summed E-state index contributed by atoms with van der Waals surface area (Å²) < 4.78 is 0. The fourth-order valence-corrected chi connectivity index (χ4v) is 7.33. The molecule has 2 unspecified atom stereocenters. The molecule has 4 aliphatic rings. The number of allylic oxidation sites excluding steroid dienone is 4. The lowest BCUT2D eigenvalue weighted by molar-refractivity contribution is -0.176. The number of fused-ring (bicyclic) bond motifs is 5. The van der Waals surface area contributed by atoms with Gasteiger partial charge in [-0.2, -0.15) is 0 Å². The molecule has 4 nitrogen and oxygen atoms in total. The van der Waals surface area contributed by atoms with Crippen LogP contribution in [0.25, 0.3) is 0 Å². The second kappa shape index (κ2) is 5.39. The molecule has 0 aromatic rings. The number of hydrogen-bond donors (Lipinski definition) is 2. The maximum Gasteiger partial charge on any atom is 0.178 e. The van der Waals surface area contributed by atoms with E-state index in [-0.39, 0.29) is 40.7 Å². The Morgan fingerprint density at radius 2 is 2.00 bits per heavy atom. The van der Waals surface area contributed by atoms with Crippen molar-refractivity contribution >= 4 is 11.6 Å². The van der Waals surface area contributed by atoms with Gasteiger partial charge in [-0.15, -0.1) is 0 Å². The number of ketones is 2. The van der Waals surface area contributed by atoms with E-state index in [9.17, 15) is 19.8 Å². The molecule has 0 spiro atoms. The molecule has 3 saturated carbocycles. The summed E-state index contributed by atoms with van der Waals surface area (Å²) in [5.41, 5.74) is -1.10. The summed E-state index contributed by atoms with van der Waals surface area (Å²) in [6, 6.07) is 0. The first-order chi connectivity index (χ1) is 12.0. The van der Waals surface area contributed by atoms with Gasteiger partial charge in [0.05, 0.1) is 6.10 Å². The minimum Gasteiger partial charge on any atom is -0.393 e. The van der Waals surface area contributed by atoms with Gasteiger partial charge in [-0.3, -0.25) is 9.59 Å². The molecule has 3 fully saturated rings. The van der Waals surface area contributed by atoms with Crippen molar-refractivity contribution in [2.45, 2.75) is 65.1 Å². The molecule has 0 amide bonds. The van der Waals surface area contributed by atoms with Crippen molar-refractivity contribution in [2.75, 3.05) is 0 Å². The highest BCUT2D eigenvalue weighted by Gasteiger charge is 2.68. The number of Topliss-reactive ketones (excluding diaryl/α,β-unsaturated/α-hetero) is 1. The average Bonchev–Trinajstić information content (AvgIpc) is 2.81. The molecule has 4 heteroatoms. The summed E-state index contributed by atoms with van der Waals surface area (Å²) in [5.74, 6) is 0.609. The van der Waals surface area contributed by atoms with E-state index < -0.39 is 17.1 Å². The van der Waals surface area contributed by atoms with Crippen LogP contribution < -0.4 is 0 Å². The molecule has 0 aromatic heterocycles. The van der Waals surface area contributed by atoms with Crippen LogP contribution in [0.2, 0.25) is 0 Å². The molecule has 4 rings (SSSR count). The average molecular weight is 358 g/mol. The van der Waals surface area contributed by atoms with E-state index in [1.54, 1.807) is 12.2 Å². The summed E-state index contributed by atoms with van der Waals surface area (Å²) in [4.78, 5) is 24.2. The molecule has 0 aromatic carbocycles. The van der Waals surface area contributed by atoms with E-state index in [2.05, 4.69) is 13.8 Å². The highest BCUT2D eigenvalue weighted by atomic mass is 16.3. The van der Waals surface area contributed by atoms with Gasteiger partial charge in [0.25, 0.3) is 0 Å². The summed E-state index contributed by atoms with van der Waals surface area (Å²) in [5, 5.41) is 22.4.